The molecular formula is C24H20N4O2. The van der Waals surface area contributed by atoms with Crippen LogP contribution in [0.4, 0.5) is 0 Å². The number of benzene rings is 3. The number of para-hydroxylation sites is 2. The van der Waals surface area contributed by atoms with Gasteiger partial charge >= 0.3 is 0 Å². The van der Waals surface area contributed by atoms with Crippen LogP contribution in [0.15, 0.2) is 72.8 Å². The maximum Gasteiger partial charge on any atom is 0.199 e. The molecule has 0 amide bonds. The normalized spacial score (nSPS) is 11.1. The lowest BCUT2D eigenvalue weighted by Gasteiger charge is -2.11. The number of hydrogen-bond donors (Lipinski definition) is 0. The molecule has 0 aliphatic carbocycles. The molecule has 0 fully saturated rings. The van der Waals surface area contributed by atoms with Crippen molar-refractivity contribution < 1.29 is 9.47 Å². The average Bonchev–Trinajstić information content (AvgIpc) is 3.16. The first-order valence-corrected chi connectivity index (χ1v) is 9.79. The minimum atomic E-state index is 0.605. The molecule has 0 spiro atoms. The zero-order valence-corrected chi connectivity index (χ0v) is 16.7. The van der Waals surface area contributed by atoms with E-state index in [0.29, 0.717) is 17.9 Å². The van der Waals surface area contributed by atoms with Gasteiger partial charge in [-0.2, -0.15) is 0 Å². The van der Waals surface area contributed by atoms with Gasteiger partial charge in [0.25, 0.3) is 0 Å². The van der Waals surface area contributed by atoms with E-state index in [-0.39, 0.29) is 0 Å². The summed E-state index contributed by atoms with van der Waals surface area (Å²) in [5.74, 6) is 2.39. The summed E-state index contributed by atoms with van der Waals surface area (Å²) in [6.07, 6.45) is 0. The summed E-state index contributed by atoms with van der Waals surface area (Å²) in [5, 5.41) is 0. The molecule has 2 heterocycles. The first-order chi connectivity index (χ1) is 14.8. The Morgan fingerprint density at radius 3 is 2.10 bits per heavy atom. The molecule has 0 aliphatic heterocycles. The van der Waals surface area contributed by atoms with Gasteiger partial charge in [0, 0.05) is 11.3 Å². The number of rotatable bonds is 5. The van der Waals surface area contributed by atoms with Gasteiger partial charge in [-0.05, 0) is 67.6 Å². The monoisotopic (exact) mass is 396 g/mol. The molecule has 0 saturated carbocycles. The van der Waals surface area contributed by atoms with E-state index in [0.717, 1.165) is 39.6 Å². The lowest BCUT2D eigenvalue weighted by Crippen LogP contribution is -2.00. The molecule has 0 radical (unpaired) electrons. The first-order valence-electron chi connectivity index (χ1n) is 9.79. The molecule has 6 heteroatoms. The molecule has 30 heavy (non-hydrogen) atoms. The molecule has 2 aromatic heterocycles. The van der Waals surface area contributed by atoms with Gasteiger partial charge in [0.1, 0.15) is 17.3 Å². The van der Waals surface area contributed by atoms with Gasteiger partial charge in [0.2, 0.25) is 0 Å². The van der Waals surface area contributed by atoms with Crippen molar-refractivity contribution in [2.45, 2.75) is 6.92 Å². The second kappa shape index (κ2) is 7.48. The maximum absolute atomic E-state index is 5.60. The number of aromatic nitrogens is 4. The fraction of sp³-hybridized carbons (Fsp3) is 0.125. The van der Waals surface area contributed by atoms with Gasteiger partial charge in [-0.25, -0.2) is 15.0 Å². The van der Waals surface area contributed by atoms with Crippen LogP contribution < -0.4 is 9.47 Å². The van der Waals surface area contributed by atoms with Crippen LogP contribution in [0.5, 0.6) is 11.5 Å². The fourth-order valence-corrected chi connectivity index (χ4v) is 3.49. The molecule has 148 valence electrons. The first kappa shape index (κ1) is 18.1. The summed E-state index contributed by atoms with van der Waals surface area (Å²) in [6.45, 7) is 2.60. The zero-order valence-electron chi connectivity index (χ0n) is 16.7. The fourth-order valence-electron chi connectivity index (χ4n) is 3.49. The average molecular weight is 396 g/mol. The predicted molar refractivity (Wildman–Crippen MR) is 117 cm³/mol. The van der Waals surface area contributed by atoms with Crippen LogP contribution in [0.25, 0.3) is 39.4 Å². The SMILES string of the molecule is CCOc1ccc(-n2c(-c3ccc(OC)cc3)nc3nc4ccccc4nc32)cc1. The highest BCUT2D eigenvalue weighted by molar-refractivity contribution is 5.86. The Morgan fingerprint density at radius 2 is 1.43 bits per heavy atom. The molecule has 0 bridgehead atoms. The number of hydrogen-bond acceptors (Lipinski definition) is 5. The Kier molecular flexibility index (Phi) is 4.52. The largest absolute Gasteiger partial charge is 0.497 e. The Labute approximate surface area is 173 Å². The third kappa shape index (κ3) is 3.12. The van der Waals surface area contributed by atoms with Gasteiger partial charge in [-0.3, -0.25) is 4.57 Å². The minimum Gasteiger partial charge on any atom is -0.497 e. The van der Waals surface area contributed by atoms with E-state index in [1.165, 1.54) is 0 Å². The summed E-state index contributed by atoms with van der Waals surface area (Å²) >= 11 is 0. The quantitative estimate of drug-likeness (QED) is 0.416. The highest BCUT2D eigenvalue weighted by Gasteiger charge is 2.17. The summed E-state index contributed by atoms with van der Waals surface area (Å²) in [4.78, 5) is 14.5. The molecular weight excluding hydrogens is 376 g/mol. The van der Waals surface area contributed by atoms with Crippen LogP contribution in [0, 0.1) is 0 Å². The van der Waals surface area contributed by atoms with Crippen molar-refractivity contribution in [3.05, 3.63) is 72.8 Å². The molecule has 3 aromatic carbocycles. The van der Waals surface area contributed by atoms with Crippen molar-refractivity contribution in [3.63, 3.8) is 0 Å². The van der Waals surface area contributed by atoms with Gasteiger partial charge < -0.3 is 9.47 Å². The highest BCUT2D eigenvalue weighted by atomic mass is 16.5. The minimum absolute atomic E-state index is 0.605. The molecule has 0 saturated heterocycles. The topological polar surface area (TPSA) is 62.1 Å². The van der Waals surface area contributed by atoms with Gasteiger partial charge in [0.15, 0.2) is 11.3 Å². The van der Waals surface area contributed by atoms with Crippen LogP contribution >= 0.6 is 0 Å². The van der Waals surface area contributed by atoms with Crippen LogP contribution in [-0.2, 0) is 0 Å². The van der Waals surface area contributed by atoms with Crippen molar-refractivity contribution in [2.75, 3.05) is 13.7 Å². The third-order valence-corrected chi connectivity index (χ3v) is 4.92. The second-order valence-corrected chi connectivity index (χ2v) is 6.79. The number of fused-ring (bicyclic) bond motifs is 2. The van der Waals surface area contributed by atoms with E-state index in [1.807, 2.05) is 84.3 Å². The van der Waals surface area contributed by atoms with Crippen LogP contribution in [0.2, 0.25) is 0 Å². The molecule has 0 unspecified atom stereocenters. The van der Waals surface area contributed by atoms with E-state index < -0.39 is 0 Å². The standard InChI is InChI=1S/C24H20N4O2/c1-3-30-19-14-10-17(11-15-19)28-23(16-8-12-18(29-2)13-9-16)27-22-24(28)26-21-7-5-4-6-20(21)25-22/h4-15H,3H2,1-2H3. The van der Waals surface area contributed by atoms with E-state index >= 15 is 0 Å². The lowest BCUT2D eigenvalue weighted by atomic mass is 10.2. The number of imidazole rings is 1. The van der Waals surface area contributed by atoms with E-state index in [4.69, 9.17) is 24.4 Å². The second-order valence-electron chi connectivity index (χ2n) is 6.79. The molecule has 0 aliphatic rings. The Morgan fingerprint density at radius 1 is 0.767 bits per heavy atom. The summed E-state index contributed by atoms with van der Waals surface area (Å²) in [5.41, 5.74) is 4.86. The van der Waals surface area contributed by atoms with Gasteiger partial charge in [0.05, 0.1) is 24.8 Å². The molecule has 0 N–H and O–H groups in total. The summed E-state index contributed by atoms with van der Waals surface area (Å²) < 4.78 is 12.9. The van der Waals surface area contributed by atoms with Crippen molar-refractivity contribution in [1.82, 2.24) is 19.5 Å². The van der Waals surface area contributed by atoms with Crippen LogP contribution in [0.3, 0.4) is 0 Å². The van der Waals surface area contributed by atoms with Crippen molar-refractivity contribution in [2.24, 2.45) is 0 Å². The molecule has 6 nitrogen and oxygen atoms in total. The van der Waals surface area contributed by atoms with E-state index in [1.54, 1.807) is 7.11 Å². The lowest BCUT2D eigenvalue weighted by molar-refractivity contribution is 0.340. The highest BCUT2D eigenvalue weighted by Crippen LogP contribution is 2.30. The van der Waals surface area contributed by atoms with Gasteiger partial charge in [-0.1, -0.05) is 12.1 Å². The van der Waals surface area contributed by atoms with E-state index in [9.17, 15) is 0 Å². The predicted octanol–water partition coefficient (Wildman–Crippen LogP) is 5.04. The van der Waals surface area contributed by atoms with Gasteiger partial charge in [-0.15, -0.1) is 0 Å². The Hall–Kier alpha value is -3.93. The molecule has 0 atom stereocenters. The van der Waals surface area contributed by atoms with Crippen LogP contribution in [-0.4, -0.2) is 33.2 Å². The maximum atomic E-state index is 5.60. The summed E-state index contributed by atoms with van der Waals surface area (Å²) in [6, 6.07) is 23.6. The number of nitrogens with zero attached hydrogens (tertiary/aromatic N) is 4. The van der Waals surface area contributed by atoms with E-state index in [2.05, 4.69) is 0 Å². The third-order valence-electron chi connectivity index (χ3n) is 4.92. The van der Waals surface area contributed by atoms with Crippen LogP contribution in [0.1, 0.15) is 6.92 Å². The number of methoxy groups -OCH3 is 1. The number of ether oxygens (including phenoxy) is 2. The van der Waals surface area contributed by atoms with Crippen molar-refractivity contribution in [3.8, 4) is 28.6 Å². The van der Waals surface area contributed by atoms with Crippen molar-refractivity contribution >= 4 is 22.3 Å². The Bertz CT molecular complexity index is 1330. The smallest absolute Gasteiger partial charge is 0.199 e. The summed E-state index contributed by atoms with van der Waals surface area (Å²) in [7, 11) is 1.66. The zero-order chi connectivity index (χ0) is 20.5. The van der Waals surface area contributed by atoms with Crippen molar-refractivity contribution in [1.29, 1.82) is 0 Å². The Balaban J connectivity index is 1.76. The molecule has 5 aromatic rings. The molecule has 5 rings (SSSR count).